The molecule has 33 heavy (non-hydrogen) atoms. The van der Waals surface area contributed by atoms with Gasteiger partial charge in [-0.05, 0) is 48.2 Å². The lowest BCUT2D eigenvalue weighted by atomic mass is 10.2. The molecule has 1 aliphatic heterocycles. The summed E-state index contributed by atoms with van der Waals surface area (Å²) in [7, 11) is 0. The number of benzene rings is 2. The number of nitrogens with one attached hydrogen (secondary N) is 3. The molecule has 3 amide bonds. The van der Waals surface area contributed by atoms with Gasteiger partial charge in [0.15, 0.2) is 6.61 Å². The fraction of sp³-hybridized carbons (Fsp3) is 0.333. The highest BCUT2D eigenvalue weighted by atomic mass is 16.5. The van der Waals surface area contributed by atoms with Crippen molar-refractivity contribution in [2.75, 3.05) is 19.8 Å². The summed E-state index contributed by atoms with van der Waals surface area (Å²) in [5.41, 5.74) is 4.00. The Morgan fingerprint density at radius 2 is 1.79 bits per heavy atom. The molecule has 2 aromatic carbocycles. The summed E-state index contributed by atoms with van der Waals surface area (Å²) < 4.78 is 10.9. The molecule has 0 saturated carbocycles. The van der Waals surface area contributed by atoms with Gasteiger partial charge in [-0.3, -0.25) is 14.4 Å². The van der Waals surface area contributed by atoms with Crippen LogP contribution in [0.25, 0.3) is 0 Å². The SMILES string of the molecule is O=C(COc1ccc(/C=N/NC(=O)CC(=O)NCc2ccccc2)cc1)NC[C@@H]1CCCO1. The average molecular weight is 453 g/mol. The van der Waals surface area contributed by atoms with Crippen LogP contribution in [-0.2, 0) is 25.7 Å². The Balaban J connectivity index is 1.31. The molecule has 0 spiro atoms. The molecule has 0 aromatic heterocycles. The third kappa shape index (κ3) is 9.12. The van der Waals surface area contributed by atoms with Gasteiger partial charge in [-0.1, -0.05) is 30.3 Å². The summed E-state index contributed by atoms with van der Waals surface area (Å²) >= 11 is 0. The van der Waals surface area contributed by atoms with Crippen molar-refractivity contribution >= 4 is 23.9 Å². The normalized spacial score (nSPS) is 15.2. The smallest absolute Gasteiger partial charge is 0.258 e. The first-order valence-electron chi connectivity index (χ1n) is 10.8. The molecule has 1 aliphatic rings. The molecular weight excluding hydrogens is 424 g/mol. The number of amides is 3. The van der Waals surface area contributed by atoms with E-state index in [0.717, 1.165) is 30.6 Å². The van der Waals surface area contributed by atoms with E-state index in [1.165, 1.54) is 6.21 Å². The van der Waals surface area contributed by atoms with Crippen LogP contribution in [0.1, 0.15) is 30.4 Å². The Morgan fingerprint density at radius 1 is 1.00 bits per heavy atom. The van der Waals surface area contributed by atoms with E-state index in [1.54, 1.807) is 24.3 Å². The Hall–Kier alpha value is -3.72. The minimum Gasteiger partial charge on any atom is -0.484 e. The number of hydrogen-bond acceptors (Lipinski definition) is 6. The molecule has 1 saturated heterocycles. The molecule has 1 heterocycles. The van der Waals surface area contributed by atoms with Crippen LogP contribution >= 0.6 is 0 Å². The van der Waals surface area contributed by atoms with Gasteiger partial charge in [0.25, 0.3) is 5.91 Å². The van der Waals surface area contributed by atoms with Crippen molar-refractivity contribution in [1.29, 1.82) is 0 Å². The van der Waals surface area contributed by atoms with Crippen LogP contribution < -0.4 is 20.8 Å². The Labute approximate surface area is 192 Å². The summed E-state index contributed by atoms with van der Waals surface area (Å²) in [5, 5.41) is 9.34. The highest BCUT2D eigenvalue weighted by molar-refractivity contribution is 5.97. The molecule has 0 bridgehead atoms. The summed E-state index contributed by atoms with van der Waals surface area (Å²) in [4.78, 5) is 35.5. The number of carbonyl (C=O) groups is 3. The van der Waals surface area contributed by atoms with Crippen LogP contribution in [0.3, 0.4) is 0 Å². The lowest BCUT2D eigenvalue weighted by molar-refractivity contribution is -0.129. The summed E-state index contributed by atoms with van der Waals surface area (Å²) in [6.07, 6.45) is 3.23. The van der Waals surface area contributed by atoms with Gasteiger partial charge in [-0.2, -0.15) is 5.10 Å². The Bertz CT molecular complexity index is 941. The van der Waals surface area contributed by atoms with Gasteiger partial charge in [0, 0.05) is 19.7 Å². The highest BCUT2D eigenvalue weighted by Crippen LogP contribution is 2.12. The van der Waals surface area contributed by atoms with Gasteiger partial charge in [-0.15, -0.1) is 0 Å². The Kier molecular flexibility index (Phi) is 9.41. The van der Waals surface area contributed by atoms with E-state index >= 15 is 0 Å². The lowest BCUT2D eigenvalue weighted by Crippen LogP contribution is -2.35. The number of hydrogen-bond donors (Lipinski definition) is 3. The zero-order valence-electron chi connectivity index (χ0n) is 18.3. The van der Waals surface area contributed by atoms with E-state index in [4.69, 9.17) is 9.47 Å². The van der Waals surface area contributed by atoms with Gasteiger partial charge in [0.2, 0.25) is 11.8 Å². The van der Waals surface area contributed by atoms with Crippen LogP contribution in [0.2, 0.25) is 0 Å². The third-order valence-corrected chi connectivity index (χ3v) is 4.86. The quantitative estimate of drug-likeness (QED) is 0.271. The van der Waals surface area contributed by atoms with Crippen molar-refractivity contribution in [2.24, 2.45) is 5.10 Å². The molecule has 1 atom stereocenters. The van der Waals surface area contributed by atoms with Crippen LogP contribution in [-0.4, -0.2) is 49.8 Å². The zero-order chi connectivity index (χ0) is 23.3. The predicted molar refractivity (Wildman–Crippen MR) is 123 cm³/mol. The molecule has 2 aromatic rings. The highest BCUT2D eigenvalue weighted by Gasteiger charge is 2.16. The largest absolute Gasteiger partial charge is 0.484 e. The average Bonchev–Trinajstić information content (AvgIpc) is 3.35. The van der Waals surface area contributed by atoms with Crippen molar-refractivity contribution in [1.82, 2.24) is 16.1 Å². The van der Waals surface area contributed by atoms with Crippen molar-refractivity contribution in [3.05, 3.63) is 65.7 Å². The maximum Gasteiger partial charge on any atom is 0.258 e. The third-order valence-electron chi connectivity index (χ3n) is 4.86. The number of hydrazone groups is 1. The van der Waals surface area contributed by atoms with Gasteiger partial charge in [-0.25, -0.2) is 5.43 Å². The topological polar surface area (TPSA) is 118 Å². The van der Waals surface area contributed by atoms with E-state index < -0.39 is 5.91 Å². The van der Waals surface area contributed by atoms with Gasteiger partial charge in [0.1, 0.15) is 12.2 Å². The van der Waals surface area contributed by atoms with E-state index in [0.29, 0.717) is 18.8 Å². The minimum atomic E-state index is -0.509. The first-order valence-corrected chi connectivity index (χ1v) is 10.8. The standard InChI is InChI=1S/C24H28N4O5/c29-22(25-14-18-5-2-1-3-6-18)13-23(30)28-27-15-19-8-10-20(11-9-19)33-17-24(31)26-16-21-7-4-12-32-21/h1-3,5-6,8-11,15,21H,4,7,12-14,16-17H2,(H,25,29)(H,26,31)(H,28,30)/b27-15+/t21-/m0/s1. The molecule has 0 radical (unpaired) electrons. The minimum absolute atomic E-state index is 0.0808. The summed E-state index contributed by atoms with van der Waals surface area (Å²) in [5.74, 6) is -0.552. The number of nitrogens with zero attached hydrogens (tertiary/aromatic N) is 1. The number of carbonyl (C=O) groups excluding carboxylic acids is 3. The van der Waals surface area contributed by atoms with Crippen molar-refractivity contribution in [3.8, 4) is 5.75 Å². The second kappa shape index (κ2) is 13.0. The van der Waals surface area contributed by atoms with E-state index in [-0.39, 0.29) is 30.9 Å². The van der Waals surface area contributed by atoms with E-state index in [9.17, 15) is 14.4 Å². The lowest BCUT2D eigenvalue weighted by Gasteiger charge is -2.11. The van der Waals surface area contributed by atoms with Crippen molar-refractivity contribution in [3.63, 3.8) is 0 Å². The van der Waals surface area contributed by atoms with Crippen LogP contribution in [0, 0.1) is 0 Å². The molecule has 0 aliphatic carbocycles. The molecule has 9 nitrogen and oxygen atoms in total. The maximum absolute atomic E-state index is 11.9. The summed E-state index contributed by atoms with van der Waals surface area (Å²) in [6, 6.07) is 16.3. The second-order valence-corrected chi connectivity index (χ2v) is 7.53. The maximum atomic E-state index is 11.9. The predicted octanol–water partition coefficient (Wildman–Crippen LogP) is 1.52. The number of rotatable bonds is 11. The first-order chi connectivity index (χ1) is 16.1. The van der Waals surface area contributed by atoms with Gasteiger partial charge < -0.3 is 20.1 Å². The van der Waals surface area contributed by atoms with Crippen LogP contribution in [0.15, 0.2) is 59.7 Å². The molecular formula is C24H28N4O5. The summed E-state index contributed by atoms with van der Waals surface area (Å²) in [6.45, 7) is 1.53. The van der Waals surface area contributed by atoms with E-state index in [1.807, 2.05) is 30.3 Å². The fourth-order valence-electron chi connectivity index (χ4n) is 3.11. The monoisotopic (exact) mass is 452 g/mol. The molecule has 3 N–H and O–H groups in total. The first kappa shape index (κ1) is 23.9. The molecule has 3 rings (SSSR count). The molecule has 1 fully saturated rings. The van der Waals surface area contributed by atoms with Gasteiger partial charge >= 0.3 is 0 Å². The molecule has 9 heteroatoms. The molecule has 174 valence electrons. The van der Waals surface area contributed by atoms with Crippen LogP contribution in [0.4, 0.5) is 0 Å². The molecule has 0 unspecified atom stereocenters. The Morgan fingerprint density at radius 3 is 2.52 bits per heavy atom. The number of ether oxygens (including phenoxy) is 2. The van der Waals surface area contributed by atoms with Gasteiger partial charge in [0.05, 0.1) is 12.3 Å². The van der Waals surface area contributed by atoms with Crippen LogP contribution in [0.5, 0.6) is 5.75 Å². The second-order valence-electron chi connectivity index (χ2n) is 7.53. The van der Waals surface area contributed by atoms with E-state index in [2.05, 4.69) is 21.2 Å². The fourth-order valence-corrected chi connectivity index (χ4v) is 3.11. The van der Waals surface area contributed by atoms with Crippen molar-refractivity contribution in [2.45, 2.75) is 31.9 Å². The zero-order valence-corrected chi connectivity index (χ0v) is 18.3. The van der Waals surface area contributed by atoms with Crippen molar-refractivity contribution < 1.29 is 23.9 Å².